The lowest BCUT2D eigenvalue weighted by Gasteiger charge is -2.34. The van der Waals surface area contributed by atoms with Gasteiger partial charge in [-0.3, -0.25) is 9.69 Å². The fraction of sp³-hybridized carbons (Fsp3) is 0.263. The second-order valence-electron chi connectivity index (χ2n) is 6.29. The first-order valence-corrected chi connectivity index (χ1v) is 9.75. The summed E-state index contributed by atoms with van der Waals surface area (Å²) in [5.74, 6) is 0.0271. The van der Waals surface area contributed by atoms with Crippen molar-refractivity contribution in [1.29, 1.82) is 0 Å². The van der Waals surface area contributed by atoms with Gasteiger partial charge < -0.3 is 10.2 Å². The first kappa shape index (κ1) is 17.3. The number of benzene rings is 2. The predicted molar refractivity (Wildman–Crippen MR) is 108 cm³/mol. The molecular formula is C19H19ClN4OS. The van der Waals surface area contributed by atoms with Crippen molar-refractivity contribution in [2.45, 2.75) is 0 Å². The fourth-order valence-electron chi connectivity index (χ4n) is 3.05. The molecule has 1 aliphatic heterocycles. The summed E-state index contributed by atoms with van der Waals surface area (Å²) in [5.41, 5.74) is 1.78. The third kappa shape index (κ3) is 3.98. The Morgan fingerprint density at radius 3 is 2.65 bits per heavy atom. The number of nitrogens with one attached hydrogen (secondary N) is 1. The number of nitrogens with zero attached hydrogens (tertiary/aromatic N) is 3. The van der Waals surface area contributed by atoms with Crippen molar-refractivity contribution in [3.05, 3.63) is 53.6 Å². The topological polar surface area (TPSA) is 48.5 Å². The van der Waals surface area contributed by atoms with Gasteiger partial charge in [-0.05, 0) is 30.3 Å². The number of hydrogen-bond acceptors (Lipinski definition) is 5. The Balaban J connectivity index is 1.32. The number of carbonyl (C=O) groups excluding carboxylic acids is 1. The zero-order valence-electron chi connectivity index (χ0n) is 14.2. The third-order valence-corrected chi connectivity index (χ3v) is 5.74. The number of hydrogen-bond donors (Lipinski definition) is 1. The smallest absolute Gasteiger partial charge is 0.238 e. The number of thiazole rings is 1. The van der Waals surface area contributed by atoms with Crippen LogP contribution in [0.25, 0.3) is 10.2 Å². The zero-order chi connectivity index (χ0) is 17.9. The molecule has 0 unspecified atom stereocenters. The number of aromatic nitrogens is 1. The van der Waals surface area contributed by atoms with Crippen LogP contribution in [0.15, 0.2) is 48.5 Å². The molecule has 7 heteroatoms. The summed E-state index contributed by atoms with van der Waals surface area (Å²) in [4.78, 5) is 21.4. The molecule has 3 aromatic rings. The van der Waals surface area contributed by atoms with Gasteiger partial charge in [0.15, 0.2) is 5.13 Å². The van der Waals surface area contributed by atoms with Crippen molar-refractivity contribution in [3.63, 3.8) is 0 Å². The van der Waals surface area contributed by atoms with E-state index in [2.05, 4.69) is 15.1 Å². The maximum absolute atomic E-state index is 12.2. The fourth-order valence-corrected chi connectivity index (χ4v) is 4.21. The normalized spacial score (nSPS) is 15.3. The first-order chi connectivity index (χ1) is 12.7. The number of carbonyl (C=O) groups is 1. The van der Waals surface area contributed by atoms with E-state index in [9.17, 15) is 4.79 Å². The van der Waals surface area contributed by atoms with Gasteiger partial charge in [0.1, 0.15) is 0 Å². The van der Waals surface area contributed by atoms with Crippen LogP contribution in [0, 0.1) is 0 Å². The van der Waals surface area contributed by atoms with Crippen LogP contribution in [0.3, 0.4) is 0 Å². The van der Waals surface area contributed by atoms with Crippen LogP contribution in [0.5, 0.6) is 0 Å². The minimum Gasteiger partial charge on any atom is -0.345 e. The maximum atomic E-state index is 12.2. The minimum absolute atomic E-state index is 0.0271. The van der Waals surface area contributed by atoms with E-state index in [1.165, 1.54) is 0 Å². The number of anilines is 2. The van der Waals surface area contributed by atoms with Crippen molar-refractivity contribution < 1.29 is 4.79 Å². The van der Waals surface area contributed by atoms with Crippen LogP contribution in [0.4, 0.5) is 10.8 Å². The highest BCUT2D eigenvalue weighted by Gasteiger charge is 2.21. The molecule has 0 saturated carbocycles. The molecule has 0 radical (unpaired) electrons. The average Bonchev–Trinajstić information content (AvgIpc) is 3.06. The zero-order valence-corrected chi connectivity index (χ0v) is 15.8. The van der Waals surface area contributed by atoms with Crippen molar-refractivity contribution in [2.24, 2.45) is 0 Å². The van der Waals surface area contributed by atoms with E-state index in [-0.39, 0.29) is 5.91 Å². The Morgan fingerprint density at radius 1 is 1.12 bits per heavy atom. The van der Waals surface area contributed by atoms with Gasteiger partial charge in [0.25, 0.3) is 0 Å². The number of piperazine rings is 1. The van der Waals surface area contributed by atoms with Crippen LogP contribution in [0.2, 0.25) is 5.02 Å². The molecule has 1 aliphatic rings. The van der Waals surface area contributed by atoms with Crippen molar-refractivity contribution >= 4 is 49.9 Å². The van der Waals surface area contributed by atoms with Gasteiger partial charge in [0.2, 0.25) is 5.91 Å². The largest absolute Gasteiger partial charge is 0.345 e. The molecule has 1 aromatic heterocycles. The monoisotopic (exact) mass is 386 g/mol. The molecule has 26 heavy (non-hydrogen) atoms. The highest BCUT2D eigenvalue weighted by Crippen LogP contribution is 2.30. The first-order valence-electron chi connectivity index (χ1n) is 8.56. The van der Waals surface area contributed by atoms with E-state index >= 15 is 0 Å². The molecule has 1 fully saturated rings. The molecule has 0 aliphatic carbocycles. The van der Waals surface area contributed by atoms with Gasteiger partial charge in [-0.25, -0.2) is 4.98 Å². The average molecular weight is 387 g/mol. The number of amides is 1. The molecule has 134 valence electrons. The van der Waals surface area contributed by atoms with E-state index < -0.39 is 0 Å². The van der Waals surface area contributed by atoms with Crippen molar-refractivity contribution in [2.75, 3.05) is 42.9 Å². The molecule has 0 bridgehead atoms. The lowest BCUT2D eigenvalue weighted by atomic mass is 10.3. The second-order valence-corrected chi connectivity index (χ2v) is 7.73. The van der Waals surface area contributed by atoms with Gasteiger partial charge in [-0.1, -0.05) is 41.1 Å². The van der Waals surface area contributed by atoms with E-state index in [4.69, 9.17) is 16.6 Å². The van der Waals surface area contributed by atoms with E-state index in [0.717, 1.165) is 47.2 Å². The highest BCUT2D eigenvalue weighted by atomic mass is 35.5. The predicted octanol–water partition coefficient (Wildman–Crippen LogP) is 3.71. The summed E-state index contributed by atoms with van der Waals surface area (Å²) in [6.07, 6.45) is 0. The number of para-hydroxylation sites is 1. The summed E-state index contributed by atoms with van der Waals surface area (Å²) in [6, 6.07) is 15.4. The number of fused-ring (bicyclic) bond motifs is 1. The Bertz CT molecular complexity index is 906. The Morgan fingerprint density at radius 2 is 1.88 bits per heavy atom. The molecule has 2 aromatic carbocycles. The molecular weight excluding hydrogens is 368 g/mol. The van der Waals surface area contributed by atoms with Crippen LogP contribution in [-0.4, -0.2) is 48.5 Å². The van der Waals surface area contributed by atoms with Gasteiger partial charge in [0, 0.05) is 36.9 Å². The lowest BCUT2D eigenvalue weighted by molar-refractivity contribution is -0.117. The summed E-state index contributed by atoms with van der Waals surface area (Å²) in [6.45, 7) is 3.84. The van der Waals surface area contributed by atoms with Gasteiger partial charge >= 0.3 is 0 Å². The highest BCUT2D eigenvalue weighted by molar-refractivity contribution is 7.22. The number of rotatable bonds is 4. The lowest BCUT2D eigenvalue weighted by Crippen LogP contribution is -2.48. The quantitative estimate of drug-likeness (QED) is 0.742. The minimum atomic E-state index is 0.0271. The van der Waals surface area contributed by atoms with Gasteiger partial charge in [-0.2, -0.15) is 0 Å². The molecule has 0 spiro atoms. The molecule has 1 amide bonds. The Hall–Kier alpha value is -2.15. The Labute approximate surface area is 161 Å². The van der Waals surface area contributed by atoms with Crippen molar-refractivity contribution in [3.8, 4) is 0 Å². The van der Waals surface area contributed by atoms with Crippen molar-refractivity contribution in [1.82, 2.24) is 9.88 Å². The van der Waals surface area contributed by atoms with E-state index in [1.807, 2.05) is 48.5 Å². The van der Waals surface area contributed by atoms with Gasteiger partial charge in [-0.15, -0.1) is 0 Å². The number of halogens is 1. The molecule has 1 saturated heterocycles. The van der Waals surface area contributed by atoms with E-state index in [1.54, 1.807) is 11.3 Å². The second kappa shape index (κ2) is 7.61. The van der Waals surface area contributed by atoms with Crippen LogP contribution in [0.1, 0.15) is 0 Å². The summed E-state index contributed by atoms with van der Waals surface area (Å²) in [7, 11) is 0. The van der Waals surface area contributed by atoms with Crippen LogP contribution < -0.4 is 10.2 Å². The third-order valence-electron chi connectivity index (χ3n) is 4.41. The maximum Gasteiger partial charge on any atom is 0.238 e. The molecule has 2 heterocycles. The summed E-state index contributed by atoms with van der Waals surface area (Å²) < 4.78 is 1.15. The molecule has 1 N–H and O–H groups in total. The van der Waals surface area contributed by atoms with Crippen LogP contribution in [-0.2, 0) is 4.79 Å². The molecule has 4 rings (SSSR count). The van der Waals surface area contributed by atoms with Crippen LogP contribution >= 0.6 is 22.9 Å². The molecule has 0 atom stereocenters. The standard InChI is InChI=1S/C19H19ClN4OS/c20-14-6-7-17-16(12-14)22-19(26-17)24-10-8-23(9-11-24)13-18(25)21-15-4-2-1-3-5-15/h1-7,12H,8-11,13H2,(H,21,25). The van der Waals surface area contributed by atoms with Gasteiger partial charge in [0.05, 0.1) is 16.8 Å². The summed E-state index contributed by atoms with van der Waals surface area (Å²) >= 11 is 7.73. The Kier molecular flexibility index (Phi) is 5.06. The molecule has 5 nitrogen and oxygen atoms in total. The summed E-state index contributed by atoms with van der Waals surface area (Å²) in [5, 5.41) is 4.67. The van der Waals surface area contributed by atoms with E-state index in [0.29, 0.717) is 11.6 Å². The SMILES string of the molecule is O=C(CN1CCN(c2nc3cc(Cl)ccc3s2)CC1)Nc1ccccc1.